The van der Waals surface area contributed by atoms with Crippen LogP contribution in [0.5, 0.6) is 0 Å². The molecule has 1 aliphatic heterocycles. The Kier molecular flexibility index (Phi) is 5.23. The smallest absolute Gasteiger partial charge is 0.329 e. The van der Waals surface area contributed by atoms with E-state index < -0.39 is 30.3 Å². The number of rotatable bonds is 6. The second-order valence-electron chi connectivity index (χ2n) is 6.99. The number of amides is 5. The van der Waals surface area contributed by atoms with Crippen molar-refractivity contribution in [2.24, 2.45) is 5.73 Å². The summed E-state index contributed by atoms with van der Waals surface area (Å²) in [5, 5.41) is 5.93. The number of aromatic nitrogens is 1. The van der Waals surface area contributed by atoms with E-state index in [0.29, 0.717) is 11.3 Å². The second kappa shape index (κ2) is 8.15. The van der Waals surface area contributed by atoms with Crippen LogP contribution in [0.4, 0.5) is 10.5 Å². The number of carbonyl (C=O) groups is 4. The van der Waals surface area contributed by atoms with Crippen LogP contribution in [0.2, 0.25) is 0 Å². The van der Waals surface area contributed by atoms with Gasteiger partial charge in [0.15, 0.2) is 0 Å². The quantitative estimate of drug-likeness (QED) is 0.416. The molecule has 156 valence electrons. The number of fused-ring (bicyclic) bond motifs is 1. The van der Waals surface area contributed by atoms with Gasteiger partial charge in [0.25, 0.3) is 5.91 Å². The summed E-state index contributed by atoms with van der Waals surface area (Å²) in [7, 11) is 0. The molecule has 0 atom stereocenters. The van der Waals surface area contributed by atoms with Gasteiger partial charge in [-0.15, -0.1) is 0 Å². The Labute approximate surface area is 177 Å². The molecule has 1 aromatic heterocycles. The number of nitrogens with zero attached hydrogens (tertiary/aromatic N) is 2. The van der Waals surface area contributed by atoms with Crippen LogP contribution in [0.15, 0.2) is 66.5 Å². The van der Waals surface area contributed by atoms with Crippen molar-refractivity contribution >= 4 is 46.4 Å². The molecule has 0 radical (unpaired) electrons. The molecule has 2 aromatic carbocycles. The molecule has 9 heteroatoms. The van der Waals surface area contributed by atoms with Gasteiger partial charge in [-0.1, -0.05) is 36.4 Å². The molecule has 0 saturated carbocycles. The standard InChI is InChI=1S/C22H19N5O4/c23-19(28)12-26-11-14(16-8-4-5-9-18(16)26)10-17-21(30)27(22(31)25-17)13-20(29)24-15-6-2-1-3-7-15/h1-11H,12-13H2,(H2,23,28)(H,24,29)(H,25,31)/b17-10-. The van der Waals surface area contributed by atoms with Gasteiger partial charge in [-0.3, -0.25) is 14.4 Å². The van der Waals surface area contributed by atoms with Crippen molar-refractivity contribution in [3.63, 3.8) is 0 Å². The van der Waals surface area contributed by atoms with E-state index in [0.717, 1.165) is 15.8 Å². The SMILES string of the molecule is NC(=O)Cn1cc(/C=C2\NC(=O)N(CC(=O)Nc3ccccc3)C2=O)c2ccccc21. The minimum Gasteiger partial charge on any atom is -0.368 e. The first-order valence-electron chi connectivity index (χ1n) is 9.48. The number of primary amides is 1. The molecule has 1 aliphatic rings. The van der Waals surface area contributed by atoms with Gasteiger partial charge in [0.05, 0.1) is 0 Å². The van der Waals surface area contributed by atoms with Gasteiger partial charge in [-0.2, -0.15) is 0 Å². The lowest BCUT2D eigenvalue weighted by Gasteiger charge is -2.11. The maximum Gasteiger partial charge on any atom is 0.329 e. The van der Waals surface area contributed by atoms with Crippen LogP contribution in [-0.4, -0.2) is 39.8 Å². The molecule has 4 N–H and O–H groups in total. The van der Waals surface area contributed by atoms with E-state index in [9.17, 15) is 19.2 Å². The van der Waals surface area contributed by atoms with E-state index in [4.69, 9.17) is 5.73 Å². The van der Waals surface area contributed by atoms with Crippen LogP contribution in [-0.2, 0) is 20.9 Å². The van der Waals surface area contributed by atoms with Gasteiger partial charge in [0, 0.05) is 28.4 Å². The van der Waals surface area contributed by atoms with Gasteiger partial charge in [0.2, 0.25) is 11.8 Å². The van der Waals surface area contributed by atoms with Crippen molar-refractivity contribution in [2.75, 3.05) is 11.9 Å². The van der Waals surface area contributed by atoms with E-state index >= 15 is 0 Å². The summed E-state index contributed by atoms with van der Waals surface area (Å²) >= 11 is 0. The monoisotopic (exact) mass is 417 g/mol. The number of urea groups is 1. The molecule has 31 heavy (non-hydrogen) atoms. The maximum atomic E-state index is 12.7. The number of hydrogen-bond donors (Lipinski definition) is 3. The van der Waals surface area contributed by atoms with E-state index in [1.54, 1.807) is 35.0 Å². The molecule has 2 heterocycles. The fraction of sp³-hybridized carbons (Fsp3) is 0.0909. The average molecular weight is 417 g/mol. The Morgan fingerprint density at radius 2 is 1.71 bits per heavy atom. The highest BCUT2D eigenvalue weighted by Gasteiger charge is 2.35. The third-order valence-electron chi connectivity index (χ3n) is 4.77. The van der Waals surface area contributed by atoms with Gasteiger partial charge in [0.1, 0.15) is 18.8 Å². The molecule has 4 rings (SSSR count). The van der Waals surface area contributed by atoms with Crippen molar-refractivity contribution in [3.05, 3.63) is 72.1 Å². The molecule has 3 aromatic rings. The van der Waals surface area contributed by atoms with Crippen LogP contribution in [0.1, 0.15) is 5.56 Å². The van der Waals surface area contributed by atoms with Crippen LogP contribution in [0.25, 0.3) is 17.0 Å². The largest absolute Gasteiger partial charge is 0.368 e. The van der Waals surface area contributed by atoms with Gasteiger partial charge in [-0.05, 0) is 24.3 Å². The topological polar surface area (TPSA) is 127 Å². The Hall–Kier alpha value is -4.40. The number of nitrogens with one attached hydrogen (secondary N) is 2. The molecular formula is C22H19N5O4. The first-order valence-corrected chi connectivity index (χ1v) is 9.48. The van der Waals surface area contributed by atoms with Gasteiger partial charge >= 0.3 is 6.03 Å². The van der Waals surface area contributed by atoms with Crippen molar-refractivity contribution in [2.45, 2.75) is 6.54 Å². The first-order chi connectivity index (χ1) is 14.9. The Morgan fingerprint density at radius 1 is 1.00 bits per heavy atom. The molecule has 5 amide bonds. The maximum absolute atomic E-state index is 12.7. The highest BCUT2D eigenvalue weighted by atomic mass is 16.2. The summed E-state index contributed by atoms with van der Waals surface area (Å²) in [5.74, 6) is -1.60. The lowest BCUT2D eigenvalue weighted by Crippen LogP contribution is -2.38. The van der Waals surface area contributed by atoms with Crippen LogP contribution < -0.4 is 16.4 Å². The minimum absolute atomic E-state index is 0.0181. The number of nitrogens with two attached hydrogens (primary N) is 1. The van der Waals surface area contributed by atoms with E-state index in [2.05, 4.69) is 10.6 Å². The molecule has 1 saturated heterocycles. The third-order valence-corrected chi connectivity index (χ3v) is 4.77. The predicted octanol–water partition coefficient (Wildman–Crippen LogP) is 1.66. The minimum atomic E-state index is -0.680. The molecule has 0 bridgehead atoms. The number of imide groups is 1. The summed E-state index contributed by atoms with van der Waals surface area (Å²) in [6, 6.07) is 15.4. The van der Waals surface area contributed by atoms with Gasteiger partial charge < -0.3 is 20.9 Å². The average Bonchev–Trinajstić information content (AvgIpc) is 3.21. The molecule has 0 aliphatic carbocycles. The number of anilines is 1. The molecule has 0 spiro atoms. The molecule has 1 fully saturated rings. The zero-order chi connectivity index (χ0) is 22.0. The molecule has 0 unspecified atom stereocenters. The number of carbonyl (C=O) groups excluding carboxylic acids is 4. The van der Waals surface area contributed by atoms with Gasteiger partial charge in [-0.25, -0.2) is 9.69 Å². The molecule has 9 nitrogen and oxygen atoms in total. The normalized spacial score (nSPS) is 14.8. The van der Waals surface area contributed by atoms with Crippen molar-refractivity contribution in [3.8, 4) is 0 Å². The van der Waals surface area contributed by atoms with E-state index in [1.807, 2.05) is 30.3 Å². The summed E-state index contributed by atoms with van der Waals surface area (Å²) in [6.45, 7) is -0.434. The Morgan fingerprint density at radius 3 is 2.45 bits per heavy atom. The Balaban J connectivity index is 1.56. The summed E-state index contributed by atoms with van der Waals surface area (Å²) in [5.41, 5.74) is 7.33. The Bertz CT molecular complexity index is 1230. The van der Waals surface area contributed by atoms with Crippen molar-refractivity contribution < 1.29 is 19.2 Å². The van der Waals surface area contributed by atoms with Crippen LogP contribution in [0, 0.1) is 0 Å². The highest BCUT2D eigenvalue weighted by molar-refractivity contribution is 6.16. The second-order valence-corrected chi connectivity index (χ2v) is 6.99. The predicted molar refractivity (Wildman–Crippen MR) is 114 cm³/mol. The van der Waals surface area contributed by atoms with E-state index in [1.165, 1.54) is 6.08 Å². The fourth-order valence-electron chi connectivity index (χ4n) is 3.43. The number of benzene rings is 2. The van der Waals surface area contributed by atoms with Crippen LogP contribution in [0.3, 0.4) is 0 Å². The zero-order valence-electron chi connectivity index (χ0n) is 16.4. The first kappa shape index (κ1) is 19.9. The fourth-order valence-corrected chi connectivity index (χ4v) is 3.43. The highest BCUT2D eigenvalue weighted by Crippen LogP contribution is 2.24. The number of para-hydroxylation sites is 2. The molecular weight excluding hydrogens is 398 g/mol. The van der Waals surface area contributed by atoms with E-state index in [-0.39, 0.29) is 12.2 Å². The third kappa shape index (κ3) is 4.15. The summed E-state index contributed by atoms with van der Waals surface area (Å²) in [6.07, 6.45) is 3.21. The number of hydrogen-bond acceptors (Lipinski definition) is 4. The van der Waals surface area contributed by atoms with Crippen LogP contribution >= 0.6 is 0 Å². The zero-order valence-corrected chi connectivity index (χ0v) is 16.4. The summed E-state index contributed by atoms with van der Waals surface area (Å²) < 4.78 is 1.68. The van der Waals surface area contributed by atoms with Crippen molar-refractivity contribution in [1.82, 2.24) is 14.8 Å². The lowest BCUT2D eigenvalue weighted by atomic mass is 10.1. The summed E-state index contributed by atoms with van der Waals surface area (Å²) in [4.78, 5) is 49.5. The lowest BCUT2D eigenvalue weighted by molar-refractivity contribution is -0.127. The van der Waals surface area contributed by atoms with Crippen molar-refractivity contribution in [1.29, 1.82) is 0 Å².